The minimum atomic E-state index is -4.64. The number of ether oxygens (including phenoxy) is 1. The Morgan fingerprint density at radius 2 is 0.676 bits per heavy atom. The fraction of sp³-hybridized carbons (Fsp3) is 1.00. The van der Waals surface area contributed by atoms with Crippen molar-refractivity contribution in [2.45, 2.75) is 142 Å². The number of unbranched alkanes of at least 4 members (excludes halogenated alkanes) is 18. The second-order valence-electron chi connectivity index (χ2n) is 8.94. The molecule has 0 bridgehead atoms. The number of hydrogen-bond acceptors (Lipinski definition) is 4. The highest BCUT2D eigenvalue weighted by Gasteiger charge is 2.00. The molecule has 210 valence electrons. The molecule has 0 fully saturated rings. The van der Waals surface area contributed by atoms with Gasteiger partial charge in [-0.05, 0) is 12.8 Å². The van der Waals surface area contributed by atoms with Crippen LogP contribution in [0.25, 0.3) is 0 Å². The SMILES string of the molecule is CCCCCCCCCCCCOCCCCCCCCCCCC.O=P(O)(O)O.OCCO. The Morgan fingerprint density at radius 3 is 0.882 bits per heavy atom. The third kappa shape index (κ3) is 58.1. The van der Waals surface area contributed by atoms with Crippen molar-refractivity contribution in [3.8, 4) is 0 Å². The second kappa shape index (κ2) is 35.2. The van der Waals surface area contributed by atoms with Crippen LogP contribution in [-0.2, 0) is 9.30 Å². The molecule has 0 atom stereocenters. The van der Waals surface area contributed by atoms with E-state index in [0.717, 1.165) is 13.2 Å². The minimum Gasteiger partial charge on any atom is -0.394 e. The average molecular weight is 515 g/mol. The van der Waals surface area contributed by atoms with Gasteiger partial charge in [-0.15, -0.1) is 0 Å². The van der Waals surface area contributed by atoms with Crippen LogP contribution >= 0.6 is 7.82 Å². The summed E-state index contributed by atoms with van der Waals surface area (Å²) in [5.41, 5.74) is 0. The van der Waals surface area contributed by atoms with Gasteiger partial charge < -0.3 is 29.6 Å². The summed E-state index contributed by atoms with van der Waals surface area (Å²) in [6, 6.07) is 0. The summed E-state index contributed by atoms with van der Waals surface area (Å²) in [6.45, 7) is 6.32. The quantitative estimate of drug-likeness (QED) is 0.0742. The molecule has 0 saturated heterocycles. The predicted molar refractivity (Wildman–Crippen MR) is 143 cm³/mol. The van der Waals surface area contributed by atoms with E-state index in [1.54, 1.807) is 0 Å². The summed E-state index contributed by atoms with van der Waals surface area (Å²) >= 11 is 0. The molecule has 0 aliphatic rings. The van der Waals surface area contributed by atoms with Gasteiger partial charge in [0.15, 0.2) is 0 Å². The topological polar surface area (TPSA) is 127 Å². The molecule has 0 aromatic rings. The molecule has 0 radical (unpaired) electrons. The molecule has 0 aromatic heterocycles. The molecule has 0 heterocycles. The number of aliphatic hydroxyl groups excluding tert-OH is 2. The van der Waals surface area contributed by atoms with Gasteiger partial charge in [-0.25, -0.2) is 4.57 Å². The van der Waals surface area contributed by atoms with Gasteiger partial charge in [0.05, 0.1) is 13.2 Å². The Bertz CT molecular complexity index is 346. The van der Waals surface area contributed by atoms with E-state index in [9.17, 15) is 0 Å². The van der Waals surface area contributed by atoms with E-state index in [0.29, 0.717) is 0 Å². The molecule has 0 spiro atoms. The Balaban J connectivity index is -0.000000900. The molecule has 0 aromatic carbocycles. The van der Waals surface area contributed by atoms with E-state index in [4.69, 9.17) is 34.2 Å². The van der Waals surface area contributed by atoms with Gasteiger partial charge in [-0.1, -0.05) is 129 Å². The van der Waals surface area contributed by atoms with E-state index < -0.39 is 7.82 Å². The third-order valence-electron chi connectivity index (χ3n) is 5.38. The van der Waals surface area contributed by atoms with Gasteiger partial charge in [0.25, 0.3) is 0 Å². The van der Waals surface area contributed by atoms with Crippen LogP contribution in [0.5, 0.6) is 0 Å². The van der Waals surface area contributed by atoms with Gasteiger partial charge >= 0.3 is 7.82 Å². The van der Waals surface area contributed by atoms with Crippen molar-refractivity contribution in [2.75, 3.05) is 26.4 Å². The fourth-order valence-corrected chi connectivity index (χ4v) is 3.49. The first-order valence-electron chi connectivity index (χ1n) is 13.9. The molecule has 34 heavy (non-hydrogen) atoms. The first kappa shape index (κ1) is 38.5. The zero-order valence-electron chi connectivity index (χ0n) is 22.5. The van der Waals surface area contributed by atoms with Crippen molar-refractivity contribution >= 4 is 7.82 Å². The molecule has 0 amide bonds. The van der Waals surface area contributed by atoms with Crippen LogP contribution in [0.3, 0.4) is 0 Å². The highest BCUT2D eigenvalue weighted by atomic mass is 31.2. The summed E-state index contributed by atoms with van der Waals surface area (Å²) in [5, 5.41) is 15.2. The Labute approximate surface area is 211 Å². The maximum atomic E-state index is 8.88. The van der Waals surface area contributed by atoms with Crippen molar-refractivity contribution in [1.82, 2.24) is 0 Å². The van der Waals surface area contributed by atoms with Crippen LogP contribution < -0.4 is 0 Å². The highest BCUT2D eigenvalue weighted by Crippen LogP contribution is 2.25. The van der Waals surface area contributed by atoms with Crippen LogP contribution in [0.1, 0.15) is 142 Å². The molecule has 5 N–H and O–H groups in total. The number of phosphoric acid groups is 1. The smallest absolute Gasteiger partial charge is 0.394 e. The van der Waals surface area contributed by atoms with Crippen LogP contribution in [0.15, 0.2) is 0 Å². The first-order chi connectivity index (χ1) is 16.3. The number of rotatable bonds is 23. The van der Waals surface area contributed by atoms with Crippen LogP contribution in [0, 0.1) is 0 Å². The normalized spacial score (nSPS) is 10.9. The van der Waals surface area contributed by atoms with E-state index in [-0.39, 0.29) is 13.2 Å². The Kier molecular flexibility index (Phi) is 39.8. The van der Waals surface area contributed by atoms with Crippen molar-refractivity contribution in [3.05, 3.63) is 0 Å². The zero-order chi connectivity index (χ0) is 26.2. The van der Waals surface area contributed by atoms with Crippen LogP contribution in [0.4, 0.5) is 0 Å². The molecule has 0 aliphatic heterocycles. The lowest BCUT2D eigenvalue weighted by molar-refractivity contribution is 0.125. The van der Waals surface area contributed by atoms with Crippen LogP contribution in [-0.4, -0.2) is 51.3 Å². The van der Waals surface area contributed by atoms with Gasteiger partial charge in [0.1, 0.15) is 0 Å². The van der Waals surface area contributed by atoms with Crippen molar-refractivity contribution in [2.24, 2.45) is 0 Å². The molecule has 0 saturated carbocycles. The molecule has 7 nitrogen and oxygen atoms in total. The standard InChI is InChI=1S/C24H50O.C2H6O2.H3O4P/c1-3-5-7-9-11-13-15-17-19-21-23-25-24-22-20-18-16-14-12-10-8-6-4-2;3-1-2-4;1-5(2,3)4/h3-24H2,1-2H3;3-4H,1-2H2;(H3,1,2,3,4). The maximum Gasteiger partial charge on any atom is 0.466 e. The highest BCUT2D eigenvalue weighted by molar-refractivity contribution is 7.45. The largest absolute Gasteiger partial charge is 0.466 e. The lowest BCUT2D eigenvalue weighted by Crippen LogP contribution is -1.97. The van der Waals surface area contributed by atoms with Gasteiger partial charge in [-0.2, -0.15) is 0 Å². The maximum absolute atomic E-state index is 8.88. The third-order valence-corrected chi connectivity index (χ3v) is 5.38. The van der Waals surface area contributed by atoms with E-state index in [1.807, 2.05) is 0 Å². The monoisotopic (exact) mass is 514 g/mol. The summed E-state index contributed by atoms with van der Waals surface area (Å²) in [6.07, 6.45) is 28.2. The first-order valence-corrected chi connectivity index (χ1v) is 15.5. The van der Waals surface area contributed by atoms with Crippen molar-refractivity contribution in [3.63, 3.8) is 0 Å². The number of aliphatic hydroxyl groups is 2. The van der Waals surface area contributed by atoms with E-state index in [2.05, 4.69) is 13.8 Å². The average Bonchev–Trinajstić information content (AvgIpc) is 2.79. The zero-order valence-corrected chi connectivity index (χ0v) is 23.4. The molecule has 0 rings (SSSR count). The predicted octanol–water partition coefficient (Wildman–Crippen LogP) is 6.89. The van der Waals surface area contributed by atoms with Crippen LogP contribution in [0.2, 0.25) is 0 Å². The summed E-state index contributed by atoms with van der Waals surface area (Å²) < 4.78 is 14.7. The lowest BCUT2D eigenvalue weighted by atomic mass is 10.1. The minimum absolute atomic E-state index is 0.125. The Hall–Kier alpha value is -0.0100. The van der Waals surface area contributed by atoms with Gasteiger partial charge in [0, 0.05) is 13.2 Å². The van der Waals surface area contributed by atoms with E-state index >= 15 is 0 Å². The van der Waals surface area contributed by atoms with Gasteiger partial charge in [0.2, 0.25) is 0 Å². The lowest BCUT2D eigenvalue weighted by Gasteiger charge is -2.05. The van der Waals surface area contributed by atoms with Gasteiger partial charge in [-0.3, -0.25) is 0 Å². The summed E-state index contributed by atoms with van der Waals surface area (Å²) in [5.74, 6) is 0. The molecular formula is C26H59O7P. The number of hydrogen-bond donors (Lipinski definition) is 5. The second-order valence-corrected chi connectivity index (χ2v) is 9.96. The molecular weight excluding hydrogens is 455 g/mol. The summed E-state index contributed by atoms with van der Waals surface area (Å²) in [4.78, 5) is 21.6. The van der Waals surface area contributed by atoms with Crippen molar-refractivity contribution < 1.29 is 34.2 Å². The Morgan fingerprint density at radius 1 is 0.471 bits per heavy atom. The molecule has 0 unspecified atom stereocenters. The van der Waals surface area contributed by atoms with E-state index in [1.165, 1.54) is 128 Å². The summed E-state index contributed by atoms with van der Waals surface area (Å²) in [7, 11) is -4.64. The fourth-order valence-electron chi connectivity index (χ4n) is 3.49. The molecule has 0 aliphatic carbocycles. The van der Waals surface area contributed by atoms with Crippen molar-refractivity contribution in [1.29, 1.82) is 0 Å². The molecule has 8 heteroatoms.